The highest BCUT2D eigenvalue weighted by Crippen LogP contribution is 2.38. The summed E-state index contributed by atoms with van der Waals surface area (Å²) in [6, 6.07) is 1.38. The van der Waals surface area contributed by atoms with Crippen molar-refractivity contribution in [3.8, 4) is 0 Å². The number of hydrogen-bond acceptors (Lipinski definition) is 11. The predicted octanol–water partition coefficient (Wildman–Crippen LogP) is 6.04. The number of benzene rings is 2. The molecular formula is C69H98ClF4N11O11. The van der Waals surface area contributed by atoms with Crippen molar-refractivity contribution in [2.24, 2.45) is 17.8 Å². The van der Waals surface area contributed by atoms with Crippen LogP contribution in [0, 0.1) is 23.6 Å². The second-order valence-corrected chi connectivity index (χ2v) is 27.8. The molecule has 0 radical (unpaired) electrons. The van der Waals surface area contributed by atoms with Crippen LogP contribution in [0.1, 0.15) is 159 Å². The molecule has 11 amide bonds. The van der Waals surface area contributed by atoms with Crippen LogP contribution in [0.4, 0.5) is 17.6 Å². The Morgan fingerprint density at radius 3 is 1.92 bits per heavy atom. The molecular weight excluding hydrogens is 1270 g/mol. The van der Waals surface area contributed by atoms with Gasteiger partial charge in [0, 0.05) is 68.2 Å². The number of carbonyl (C=O) groups excluding carboxylic acids is 11. The van der Waals surface area contributed by atoms with Gasteiger partial charge in [0.05, 0.1) is 30.2 Å². The van der Waals surface area contributed by atoms with Gasteiger partial charge in [0.2, 0.25) is 65.0 Å². The van der Waals surface area contributed by atoms with Crippen molar-refractivity contribution in [3.05, 3.63) is 70.0 Å². The molecule has 7 atom stereocenters. The Bertz CT molecular complexity index is 3140. The summed E-state index contributed by atoms with van der Waals surface area (Å²) in [4.78, 5) is 170. The van der Waals surface area contributed by atoms with Crippen molar-refractivity contribution < 1.29 is 70.3 Å². The average Bonchev–Trinajstić information content (AvgIpc) is 1.29. The molecule has 2 aliphatic heterocycles. The molecule has 530 valence electrons. The minimum Gasteiger partial charge on any atom is -0.354 e. The molecule has 4 N–H and O–H groups in total. The number of carbonyl (C=O) groups is 11. The van der Waals surface area contributed by atoms with Crippen LogP contribution in [-0.2, 0) is 71.8 Å². The van der Waals surface area contributed by atoms with Crippen LogP contribution in [0.15, 0.2) is 42.5 Å². The molecule has 0 aromatic heterocycles. The van der Waals surface area contributed by atoms with Gasteiger partial charge in [-0.25, -0.2) is 4.39 Å². The van der Waals surface area contributed by atoms with Gasteiger partial charge in [-0.1, -0.05) is 114 Å². The normalized spacial score (nSPS) is 25.6. The number of amides is 11. The fourth-order valence-electron chi connectivity index (χ4n) is 14.5. The first-order valence-electron chi connectivity index (χ1n) is 34.1. The fraction of sp³-hybridized carbons (Fsp3) is 0.667. The first-order chi connectivity index (χ1) is 45.4. The SMILES string of the molecule is CC[C@H](C)[C@@H]1NC(=O)CCNC(=O)[C@H](Cc2cccc(F)c2)N(C)C(=O)[C@H](C2CCCCC2)N(C)C(=O)C2(CCCC2)NC(=O)C2CCCN2C(=O)[C@H](CCc2ccc(C(F)(F)F)c(Cl)c2)NC(=O)CN(C)C(=O)[C@H](CC2CCCCC2)N(C)C(=O)CN(C)C(=O)CN(C)C1=O. The van der Waals surface area contributed by atoms with Crippen molar-refractivity contribution >= 4 is 76.6 Å². The summed E-state index contributed by atoms with van der Waals surface area (Å²) in [5, 5.41) is 10.8. The molecule has 2 saturated heterocycles. The smallest absolute Gasteiger partial charge is 0.354 e. The summed E-state index contributed by atoms with van der Waals surface area (Å²) in [5.74, 6) is -8.57. The molecule has 3 aliphatic carbocycles. The van der Waals surface area contributed by atoms with Crippen molar-refractivity contribution in [2.75, 3.05) is 75.0 Å². The zero-order valence-corrected chi connectivity index (χ0v) is 57.6. The van der Waals surface area contributed by atoms with Crippen molar-refractivity contribution in [1.29, 1.82) is 0 Å². The van der Waals surface area contributed by atoms with E-state index in [2.05, 4.69) is 21.3 Å². The van der Waals surface area contributed by atoms with Gasteiger partial charge in [-0.15, -0.1) is 0 Å². The van der Waals surface area contributed by atoms with Crippen LogP contribution in [0.2, 0.25) is 5.02 Å². The summed E-state index contributed by atoms with van der Waals surface area (Å²) < 4.78 is 56.3. The van der Waals surface area contributed by atoms with E-state index in [-0.39, 0.29) is 70.4 Å². The van der Waals surface area contributed by atoms with Gasteiger partial charge in [0.1, 0.15) is 47.6 Å². The number of fused-ring (bicyclic) bond motifs is 1. The molecule has 0 bridgehead atoms. The van der Waals surface area contributed by atoms with E-state index < -0.39 is 161 Å². The van der Waals surface area contributed by atoms with E-state index in [1.165, 1.54) is 86.2 Å². The highest BCUT2D eigenvalue weighted by molar-refractivity contribution is 6.31. The minimum atomic E-state index is -4.76. The highest BCUT2D eigenvalue weighted by atomic mass is 35.5. The van der Waals surface area contributed by atoms with E-state index in [1.54, 1.807) is 13.0 Å². The van der Waals surface area contributed by atoms with E-state index in [0.29, 0.717) is 49.7 Å². The maximum Gasteiger partial charge on any atom is 0.417 e. The summed E-state index contributed by atoms with van der Waals surface area (Å²) >= 11 is 6.14. The molecule has 22 nitrogen and oxygen atoms in total. The summed E-state index contributed by atoms with van der Waals surface area (Å²) in [7, 11) is 8.49. The maximum absolute atomic E-state index is 15.6. The van der Waals surface area contributed by atoms with Gasteiger partial charge in [-0.05, 0) is 111 Å². The summed E-state index contributed by atoms with van der Waals surface area (Å²) in [5.41, 5.74) is -1.97. The average molecular weight is 1370 g/mol. The second kappa shape index (κ2) is 34.2. The molecule has 7 rings (SSSR count). The molecule has 3 saturated carbocycles. The van der Waals surface area contributed by atoms with Crippen molar-refractivity contribution in [1.82, 2.24) is 55.6 Å². The molecule has 27 heteroatoms. The largest absolute Gasteiger partial charge is 0.417 e. The number of halogens is 5. The zero-order chi connectivity index (χ0) is 70.3. The predicted molar refractivity (Wildman–Crippen MR) is 350 cm³/mol. The standard InChI is InChI=1S/C69H98ClF4N11O11/c1-9-43(2)59-65(94)81(5)41-57(88)79(3)42-58(89)82(6)54(38-44-20-12-10-13-21-44)64(93)80(4)40-56(87)76-51(30-28-45-27-29-49(50(70)37-45)69(72,73)74)63(92)85-35-19-26-52(85)62(91)78-68(32-16-17-33-68)67(96)84(8)60(47-23-14-11-15-24-47)66(95)83(7)53(39-46-22-18-25-48(71)36-46)61(90)75-34-31-55(86)77-59/h18,22,25,27,29,36-37,43-44,47,51-54,59-60H,9-17,19-21,23-24,26,28,30-35,38-42H2,1-8H3,(H,75,90)(H,76,87)(H,77,86)(H,78,91)/t43-,51-,52?,53-,54-,59-,60-/m0/s1. The lowest BCUT2D eigenvalue weighted by Crippen LogP contribution is -2.65. The Kier molecular flexibility index (Phi) is 27.1. The van der Waals surface area contributed by atoms with Gasteiger partial charge in [0.25, 0.3) is 0 Å². The van der Waals surface area contributed by atoms with Gasteiger partial charge >= 0.3 is 6.18 Å². The third-order valence-corrected chi connectivity index (χ3v) is 20.8. The van der Waals surface area contributed by atoms with Crippen molar-refractivity contribution in [2.45, 2.75) is 203 Å². The number of hydrogen-bond donors (Lipinski definition) is 4. The number of aryl methyl sites for hydroxylation is 1. The van der Waals surface area contributed by atoms with Crippen LogP contribution in [-0.4, -0.2) is 216 Å². The molecule has 96 heavy (non-hydrogen) atoms. The van der Waals surface area contributed by atoms with Gasteiger partial charge in [0.15, 0.2) is 0 Å². The number of alkyl halides is 3. The van der Waals surface area contributed by atoms with E-state index in [0.717, 1.165) is 78.2 Å². The van der Waals surface area contributed by atoms with Crippen LogP contribution >= 0.6 is 11.6 Å². The lowest BCUT2D eigenvalue weighted by Gasteiger charge is -2.43. The second-order valence-electron chi connectivity index (χ2n) is 27.4. The van der Waals surface area contributed by atoms with Gasteiger partial charge in [-0.2, -0.15) is 13.2 Å². The Labute approximate surface area is 566 Å². The molecule has 2 aromatic rings. The summed E-state index contributed by atoms with van der Waals surface area (Å²) in [6.07, 6.45) is 4.78. The first kappa shape index (κ1) is 76.0. The zero-order valence-electron chi connectivity index (χ0n) is 56.8. The Morgan fingerprint density at radius 2 is 1.28 bits per heavy atom. The Balaban J connectivity index is 1.25. The quantitative estimate of drug-likeness (QED) is 0.200. The van der Waals surface area contributed by atoms with E-state index in [4.69, 9.17) is 11.6 Å². The number of likely N-dealkylation sites (N-methyl/N-ethyl adjacent to an activating group) is 6. The molecule has 2 aromatic carbocycles. The number of nitrogens with one attached hydrogen (secondary N) is 4. The molecule has 1 unspecified atom stereocenters. The lowest BCUT2D eigenvalue weighted by atomic mass is 9.81. The fourth-order valence-corrected chi connectivity index (χ4v) is 14.8. The van der Waals surface area contributed by atoms with E-state index >= 15 is 19.2 Å². The van der Waals surface area contributed by atoms with Crippen LogP contribution < -0.4 is 21.3 Å². The van der Waals surface area contributed by atoms with Gasteiger partial charge in [-0.3, -0.25) is 52.7 Å². The molecule has 1 spiro atoms. The molecule has 5 fully saturated rings. The lowest BCUT2D eigenvalue weighted by molar-refractivity contribution is -0.154. The summed E-state index contributed by atoms with van der Waals surface area (Å²) in [6.45, 7) is 1.70. The van der Waals surface area contributed by atoms with Crippen LogP contribution in [0.25, 0.3) is 0 Å². The number of nitrogens with zero attached hydrogens (tertiary/aromatic N) is 7. The third kappa shape index (κ3) is 19.5. The highest BCUT2D eigenvalue weighted by Gasteiger charge is 2.51. The van der Waals surface area contributed by atoms with Crippen LogP contribution in [0.5, 0.6) is 0 Å². The minimum absolute atomic E-state index is 0.0248. The Hall–Kier alpha value is -7.38. The monoisotopic (exact) mass is 1370 g/mol. The van der Waals surface area contributed by atoms with E-state index in [9.17, 15) is 51.1 Å². The maximum atomic E-state index is 15.6. The molecule has 5 aliphatic rings. The van der Waals surface area contributed by atoms with Gasteiger partial charge < -0.3 is 55.6 Å². The number of rotatable bonds is 10. The molecule has 2 heterocycles. The Morgan fingerprint density at radius 1 is 0.635 bits per heavy atom. The van der Waals surface area contributed by atoms with Crippen molar-refractivity contribution in [3.63, 3.8) is 0 Å². The first-order valence-corrected chi connectivity index (χ1v) is 34.4. The van der Waals surface area contributed by atoms with Crippen LogP contribution in [0.3, 0.4) is 0 Å². The third-order valence-electron chi connectivity index (χ3n) is 20.5. The topological polar surface area (TPSA) is 259 Å². The van der Waals surface area contributed by atoms with E-state index in [1.807, 2.05) is 6.92 Å².